The lowest BCUT2D eigenvalue weighted by atomic mass is 9.94. The molecule has 0 aliphatic rings. The number of carbonyl (C=O) groups excluding carboxylic acids is 1. The van der Waals surface area contributed by atoms with E-state index in [9.17, 15) is 9.59 Å². The molecular weight excluding hydrogens is 441 g/mol. The van der Waals surface area contributed by atoms with Gasteiger partial charge in [0, 0.05) is 21.5 Å². The average Bonchev–Trinajstić information content (AvgIpc) is 2.74. The number of pyridine rings is 1. The molecule has 0 saturated heterocycles. The summed E-state index contributed by atoms with van der Waals surface area (Å²) >= 11 is 18.2. The molecule has 1 aromatic heterocycles. The molecule has 3 aromatic carbocycles. The number of fused-ring (bicyclic) bond motifs is 1. The molecule has 4 aromatic rings. The van der Waals surface area contributed by atoms with Gasteiger partial charge in [-0.3, -0.25) is 9.59 Å². The van der Waals surface area contributed by atoms with E-state index in [1.165, 1.54) is 6.08 Å². The van der Waals surface area contributed by atoms with Crippen molar-refractivity contribution in [2.24, 2.45) is 0 Å². The van der Waals surface area contributed by atoms with Crippen molar-refractivity contribution >= 4 is 57.6 Å². The molecule has 4 rings (SSSR count). The van der Waals surface area contributed by atoms with Crippen molar-refractivity contribution in [1.82, 2.24) is 4.98 Å². The van der Waals surface area contributed by atoms with Crippen molar-refractivity contribution in [2.75, 3.05) is 0 Å². The van der Waals surface area contributed by atoms with E-state index in [0.29, 0.717) is 37.1 Å². The zero-order valence-electron chi connectivity index (χ0n) is 15.5. The number of halogens is 3. The molecule has 0 aliphatic heterocycles. The van der Waals surface area contributed by atoms with Gasteiger partial charge in [-0.2, -0.15) is 0 Å². The van der Waals surface area contributed by atoms with Crippen LogP contribution in [-0.4, -0.2) is 10.8 Å². The lowest BCUT2D eigenvalue weighted by molar-refractivity contribution is 0.104. The van der Waals surface area contributed by atoms with Gasteiger partial charge in [0.1, 0.15) is 0 Å². The Balaban J connectivity index is 1.90. The van der Waals surface area contributed by atoms with Gasteiger partial charge < -0.3 is 4.98 Å². The van der Waals surface area contributed by atoms with Gasteiger partial charge in [-0.05, 0) is 47.5 Å². The molecule has 0 spiro atoms. The summed E-state index contributed by atoms with van der Waals surface area (Å²) in [5.41, 5.74) is 2.18. The standard InChI is InChI=1S/C24H14Cl3NO2/c25-16-8-10-20-17(13-16)22(15-4-2-1-3-5-15)23(24(30)28-20)21(29)11-7-14-6-9-18(26)19(27)12-14/h1-13H,(H,28,30)/b11-7+. The number of hydrogen-bond donors (Lipinski definition) is 1. The van der Waals surface area contributed by atoms with E-state index in [0.717, 1.165) is 5.56 Å². The normalized spacial score (nSPS) is 11.3. The minimum atomic E-state index is -0.465. The summed E-state index contributed by atoms with van der Waals surface area (Å²) in [5.74, 6) is -0.428. The summed E-state index contributed by atoms with van der Waals surface area (Å²) in [6.45, 7) is 0. The first kappa shape index (κ1) is 20.4. The Morgan fingerprint density at radius 1 is 0.867 bits per heavy atom. The highest BCUT2D eigenvalue weighted by Gasteiger charge is 2.19. The minimum Gasteiger partial charge on any atom is -0.321 e. The predicted molar refractivity (Wildman–Crippen MR) is 125 cm³/mol. The van der Waals surface area contributed by atoms with E-state index in [4.69, 9.17) is 34.8 Å². The van der Waals surface area contributed by atoms with Crippen LogP contribution in [0.15, 0.2) is 77.6 Å². The Hall–Kier alpha value is -2.85. The lowest BCUT2D eigenvalue weighted by Crippen LogP contribution is -2.18. The third kappa shape index (κ3) is 4.05. The third-order valence-corrected chi connectivity index (χ3v) is 5.63. The molecule has 0 fully saturated rings. The van der Waals surface area contributed by atoms with Gasteiger partial charge in [-0.1, -0.05) is 77.3 Å². The number of rotatable bonds is 4. The second kappa shape index (κ2) is 8.49. The van der Waals surface area contributed by atoms with Crippen LogP contribution in [0.25, 0.3) is 28.1 Å². The SMILES string of the molecule is O=C(/C=C/c1ccc(Cl)c(Cl)c1)c1c(-c2ccccc2)c2cc(Cl)ccc2[nH]c1=O. The van der Waals surface area contributed by atoms with Gasteiger partial charge in [-0.25, -0.2) is 0 Å². The van der Waals surface area contributed by atoms with E-state index < -0.39 is 11.3 Å². The number of H-pyrrole nitrogens is 1. The monoisotopic (exact) mass is 453 g/mol. The Morgan fingerprint density at radius 3 is 2.37 bits per heavy atom. The Kier molecular flexibility index (Phi) is 5.78. The molecule has 3 nitrogen and oxygen atoms in total. The van der Waals surface area contributed by atoms with E-state index in [1.807, 2.05) is 30.3 Å². The molecular formula is C24H14Cl3NO2. The smallest absolute Gasteiger partial charge is 0.260 e. The summed E-state index contributed by atoms with van der Waals surface area (Å²) in [6, 6.07) is 19.5. The van der Waals surface area contributed by atoms with Crippen molar-refractivity contribution < 1.29 is 4.79 Å². The molecule has 1 N–H and O–H groups in total. The number of carbonyl (C=O) groups is 1. The van der Waals surface area contributed by atoms with Crippen LogP contribution in [0.5, 0.6) is 0 Å². The van der Waals surface area contributed by atoms with Crippen LogP contribution in [0, 0.1) is 0 Å². The first-order chi connectivity index (χ1) is 14.4. The first-order valence-electron chi connectivity index (χ1n) is 9.02. The van der Waals surface area contributed by atoms with Gasteiger partial charge in [-0.15, -0.1) is 0 Å². The zero-order chi connectivity index (χ0) is 21.3. The van der Waals surface area contributed by atoms with Crippen LogP contribution in [0.2, 0.25) is 15.1 Å². The maximum Gasteiger partial charge on any atom is 0.260 e. The predicted octanol–water partition coefficient (Wildman–Crippen LogP) is 7.05. The number of nitrogens with one attached hydrogen (secondary N) is 1. The molecule has 0 atom stereocenters. The van der Waals surface area contributed by atoms with Crippen molar-refractivity contribution in [3.8, 4) is 11.1 Å². The van der Waals surface area contributed by atoms with E-state index >= 15 is 0 Å². The van der Waals surface area contributed by atoms with Gasteiger partial charge >= 0.3 is 0 Å². The molecule has 148 valence electrons. The number of aromatic amines is 1. The molecule has 0 radical (unpaired) electrons. The van der Waals surface area contributed by atoms with E-state index in [1.54, 1.807) is 42.5 Å². The number of benzene rings is 3. The molecule has 30 heavy (non-hydrogen) atoms. The van der Waals surface area contributed by atoms with Crippen LogP contribution in [-0.2, 0) is 0 Å². The van der Waals surface area contributed by atoms with E-state index in [2.05, 4.69) is 4.98 Å². The quantitative estimate of drug-likeness (QED) is 0.265. The summed E-state index contributed by atoms with van der Waals surface area (Å²) in [6.07, 6.45) is 2.95. The lowest BCUT2D eigenvalue weighted by Gasteiger charge is -2.11. The summed E-state index contributed by atoms with van der Waals surface area (Å²) < 4.78 is 0. The molecule has 1 heterocycles. The number of ketones is 1. The highest BCUT2D eigenvalue weighted by Crippen LogP contribution is 2.32. The summed E-state index contributed by atoms with van der Waals surface area (Å²) in [7, 11) is 0. The molecule has 0 saturated carbocycles. The molecule has 0 unspecified atom stereocenters. The van der Waals surface area contributed by atoms with Crippen LogP contribution in [0.3, 0.4) is 0 Å². The van der Waals surface area contributed by atoms with Gasteiger partial charge in [0.2, 0.25) is 0 Å². The maximum atomic E-state index is 13.1. The third-order valence-electron chi connectivity index (χ3n) is 4.66. The van der Waals surface area contributed by atoms with Gasteiger partial charge in [0.25, 0.3) is 5.56 Å². The Morgan fingerprint density at radius 2 is 1.63 bits per heavy atom. The molecule has 0 amide bonds. The Bertz CT molecular complexity index is 1360. The molecule has 6 heteroatoms. The fraction of sp³-hybridized carbons (Fsp3) is 0. The fourth-order valence-electron chi connectivity index (χ4n) is 3.28. The van der Waals surface area contributed by atoms with Crippen LogP contribution >= 0.6 is 34.8 Å². The van der Waals surface area contributed by atoms with Crippen molar-refractivity contribution in [3.05, 3.63) is 109 Å². The second-order valence-corrected chi connectivity index (χ2v) is 7.88. The number of hydrogen-bond acceptors (Lipinski definition) is 2. The van der Waals surface area contributed by atoms with Crippen molar-refractivity contribution in [3.63, 3.8) is 0 Å². The Labute approximate surface area is 187 Å². The number of aromatic nitrogens is 1. The van der Waals surface area contributed by atoms with Crippen LogP contribution in [0.4, 0.5) is 0 Å². The van der Waals surface area contributed by atoms with Gasteiger partial charge in [0.05, 0.1) is 15.6 Å². The zero-order valence-corrected chi connectivity index (χ0v) is 17.7. The maximum absolute atomic E-state index is 13.1. The fourth-order valence-corrected chi connectivity index (χ4v) is 3.76. The second-order valence-electron chi connectivity index (χ2n) is 6.63. The van der Waals surface area contributed by atoms with Crippen LogP contribution < -0.4 is 5.56 Å². The average molecular weight is 455 g/mol. The first-order valence-corrected chi connectivity index (χ1v) is 10.2. The van der Waals surface area contributed by atoms with E-state index in [-0.39, 0.29) is 5.56 Å². The van der Waals surface area contributed by atoms with Crippen molar-refractivity contribution in [1.29, 1.82) is 0 Å². The van der Waals surface area contributed by atoms with Crippen molar-refractivity contribution in [2.45, 2.75) is 0 Å². The van der Waals surface area contributed by atoms with Gasteiger partial charge in [0.15, 0.2) is 5.78 Å². The largest absolute Gasteiger partial charge is 0.321 e. The minimum absolute atomic E-state index is 0.0484. The highest BCUT2D eigenvalue weighted by atomic mass is 35.5. The number of allylic oxidation sites excluding steroid dienone is 1. The van der Waals surface area contributed by atoms with Crippen LogP contribution in [0.1, 0.15) is 15.9 Å². The summed E-state index contributed by atoms with van der Waals surface area (Å²) in [5, 5.41) is 2.01. The topological polar surface area (TPSA) is 49.9 Å². The molecule has 0 aliphatic carbocycles. The summed E-state index contributed by atoms with van der Waals surface area (Å²) in [4.78, 5) is 28.8. The highest BCUT2D eigenvalue weighted by molar-refractivity contribution is 6.42. The molecule has 0 bridgehead atoms.